The maximum Gasteiger partial charge on any atom is 0.237 e. The van der Waals surface area contributed by atoms with Crippen molar-refractivity contribution in [3.63, 3.8) is 0 Å². The zero-order valence-corrected chi connectivity index (χ0v) is 21.9. The van der Waals surface area contributed by atoms with Crippen molar-refractivity contribution in [3.8, 4) is 39.8 Å². The zero-order chi connectivity index (χ0) is 26.2. The molecular formula is C28H28N4O4S. The molecular weight excluding hydrogens is 488 g/mol. The Morgan fingerprint density at radius 3 is 1.97 bits per heavy atom. The minimum absolute atomic E-state index is 0.144. The van der Waals surface area contributed by atoms with Crippen LogP contribution in [-0.2, 0) is 4.79 Å². The van der Waals surface area contributed by atoms with Crippen molar-refractivity contribution in [1.82, 2.24) is 15.2 Å². The maximum atomic E-state index is 13.0. The number of hydrogen-bond donors (Lipinski definition) is 1. The number of ether oxygens (including phenoxy) is 3. The summed E-state index contributed by atoms with van der Waals surface area (Å²) in [4.78, 5) is 17.9. The third-order valence-electron chi connectivity index (χ3n) is 5.64. The van der Waals surface area contributed by atoms with Gasteiger partial charge in [0.05, 0.1) is 26.6 Å². The highest BCUT2D eigenvalue weighted by Gasteiger charge is 2.22. The first-order chi connectivity index (χ1) is 18.0. The topological polar surface area (TPSA) is 95.5 Å². The predicted molar refractivity (Wildman–Crippen MR) is 145 cm³/mol. The van der Waals surface area contributed by atoms with Gasteiger partial charge in [0.2, 0.25) is 11.1 Å². The van der Waals surface area contributed by atoms with Gasteiger partial charge in [-0.3, -0.25) is 4.79 Å². The summed E-state index contributed by atoms with van der Waals surface area (Å²) in [6.45, 7) is 1.95. The van der Waals surface area contributed by atoms with E-state index >= 15 is 0 Å². The summed E-state index contributed by atoms with van der Waals surface area (Å²) in [6.07, 6.45) is 0.585. The van der Waals surface area contributed by atoms with E-state index < -0.39 is 5.25 Å². The van der Waals surface area contributed by atoms with Crippen LogP contribution in [0.2, 0.25) is 0 Å². The van der Waals surface area contributed by atoms with E-state index in [1.54, 1.807) is 27.4 Å². The lowest BCUT2D eigenvalue weighted by Gasteiger charge is -2.15. The van der Waals surface area contributed by atoms with Crippen LogP contribution in [0.5, 0.6) is 17.2 Å². The van der Waals surface area contributed by atoms with E-state index in [0.717, 1.165) is 22.6 Å². The number of benzene rings is 3. The molecule has 0 aliphatic heterocycles. The second-order valence-electron chi connectivity index (χ2n) is 7.98. The standard InChI is InChI=1S/C28H28N4O4S/c1-5-24(27(33)29-20-7-6-8-23(17-20)36-4)37-28-30-25(18-9-13-21(34-2)14-10-18)26(31-32-28)19-11-15-22(35-3)16-12-19/h6-17,24H,5H2,1-4H3,(H,29,33)/t24-/m1/s1. The molecule has 0 bridgehead atoms. The summed E-state index contributed by atoms with van der Waals surface area (Å²) in [7, 11) is 4.84. The van der Waals surface area contributed by atoms with Crippen LogP contribution in [0.1, 0.15) is 13.3 Å². The first-order valence-electron chi connectivity index (χ1n) is 11.7. The average molecular weight is 517 g/mol. The number of aromatic nitrogens is 3. The first kappa shape index (κ1) is 26.0. The van der Waals surface area contributed by atoms with Crippen molar-refractivity contribution in [2.45, 2.75) is 23.8 Å². The Morgan fingerprint density at radius 2 is 1.41 bits per heavy atom. The number of amides is 1. The molecule has 3 aromatic carbocycles. The lowest BCUT2D eigenvalue weighted by molar-refractivity contribution is -0.115. The molecule has 0 saturated carbocycles. The molecule has 9 heteroatoms. The van der Waals surface area contributed by atoms with Crippen molar-refractivity contribution < 1.29 is 19.0 Å². The van der Waals surface area contributed by atoms with Crippen LogP contribution in [0.15, 0.2) is 78.0 Å². The molecule has 4 rings (SSSR count). The lowest BCUT2D eigenvalue weighted by atomic mass is 10.0. The van der Waals surface area contributed by atoms with Crippen LogP contribution in [0.25, 0.3) is 22.5 Å². The Kier molecular flexibility index (Phi) is 8.58. The van der Waals surface area contributed by atoms with E-state index in [1.165, 1.54) is 11.8 Å². The van der Waals surface area contributed by atoms with Crippen molar-refractivity contribution in [2.75, 3.05) is 26.6 Å². The molecule has 190 valence electrons. The maximum absolute atomic E-state index is 13.0. The van der Waals surface area contributed by atoms with Crippen molar-refractivity contribution >= 4 is 23.4 Å². The molecule has 1 heterocycles. The number of rotatable bonds is 10. The van der Waals surface area contributed by atoms with Gasteiger partial charge in [-0.2, -0.15) is 0 Å². The second kappa shape index (κ2) is 12.2. The van der Waals surface area contributed by atoms with Crippen LogP contribution in [0.3, 0.4) is 0 Å². The Morgan fingerprint density at radius 1 is 0.811 bits per heavy atom. The minimum Gasteiger partial charge on any atom is -0.497 e. The Hall–Kier alpha value is -4.11. The van der Waals surface area contributed by atoms with Crippen molar-refractivity contribution in [3.05, 3.63) is 72.8 Å². The molecule has 0 spiro atoms. The summed E-state index contributed by atoms with van der Waals surface area (Å²) in [5, 5.41) is 11.8. The SMILES string of the molecule is CC[C@@H](Sc1nnc(-c2ccc(OC)cc2)c(-c2ccc(OC)cc2)n1)C(=O)Nc1cccc(OC)c1. The third-order valence-corrected chi connectivity index (χ3v) is 6.86. The van der Waals surface area contributed by atoms with Crippen LogP contribution >= 0.6 is 11.8 Å². The molecule has 0 unspecified atom stereocenters. The van der Waals surface area contributed by atoms with E-state index in [4.69, 9.17) is 19.2 Å². The van der Waals surface area contributed by atoms with E-state index in [1.807, 2.05) is 73.7 Å². The van der Waals surface area contributed by atoms with Gasteiger partial charge in [-0.15, -0.1) is 10.2 Å². The van der Waals surface area contributed by atoms with Crippen LogP contribution in [0.4, 0.5) is 5.69 Å². The number of methoxy groups -OCH3 is 3. The van der Waals surface area contributed by atoms with Crippen LogP contribution in [-0.4, -0.2) is 47.7 Å². The van der Waals surface area contributed by atoms with Gasteiger partial charge in [0.1, 0.15) is 28.6 Å². The second-order valence-corrected chi connectivity index (χ2v) is 9.15. The van der Waals surface area contributed by atoms with E-state index in [0.29, 0.717) is 34.4 Å². The van der Waals surface area contributed by atoms with Gasteiger partial charge < -0.3 is 19.5 Å². The number of carbonyl (C=O) groups is 1. The van der Waals surface area contributed by atoms with Gasteiger partial charge >= 0.3 is 0 Å². The molecule has 0 saturated heterocycles. The molecule has 0 radical (unpaired) electrons. The fourth-order valence-electron chi connectivity index (χ4n) is 3.63. The smallest absolute Gasteiger partial charge is 0.237 e. The van der Waals surface area contributed by atoms with Crippen molar-refractivity contribution in [2.24, 2.45) is 0 Å². The molecule has 4 aromatic rings. The molecule has 1 aromatic heterocycles. The van der Waals surface area contributed by atoms with Gasteiger partial charge in [0.25, 0.3) is 0 Å². The van der Waals surface area contributed by atoms with E-state index in [9.17, 15) is 4.79 Å². The van der Waals surface area contributed by atoms with Gasteiger partial charge in [0.15, 0.2) is 0 Å². The summed E-state index contributed by atoms with van der Waals surface area (Å²) in [5.41, 5.74) is 3.67. The van der Waals surface area contributed by atoms with Crippen LogP contribution < -0.4 is 19.5 Å². The molecule has 37 heavy (non-hydrogen) atoms. The highest BCUT2D eigenvalue weighted by atomic mass is 32.2. The molecule has 0 aliphatic carbocycles. The minimum atomic E-state index is -0.413. The monoisotopic (exact) mass is 516 g/mol. The zero-order valence-electron chi connectivity index (χ0n) is 21.1. The van der Waals surface area contributed by atoms with E-state index in [2.05, 4.69) is 15.5 Å². The van der Waals surface area contributed by atoms with E-state index in [-0.39, 0.29) is 5.91 Å². The predicted octanol–water partition coefficient (Wildman–Crippen LogP) is 5.74. The Labute approximate surface area is 220 Å². The number of thioether (sulfide) groups is 1. The third kappa shape index (κ3) is 6.37. The summed E-state index contributed by atoms with van der Waals surface area (Å²) in [5.74, 6) is 2.01. The van der Waals surface area contributed by atoms with Crippen LogP contribution in [0, 0.1) is 0 Å². The highest BCUT2D eigenvalue weighted by molar-refractivity contribution is 8.00. The number of nitrogens with one attached hydrogen (secondary N) is 1. The molecule has 1 N–H and O–H groups in total. The molecule has 0 aliphatic rings. The number of nitrogens with zero attached hydrogens (tertiary/aromatic N) is 3. The molecule has 0 fully saturated rings. The van der Waals surface area contributed by atoms with Gasteiger partial charge in [-0.25, -0.2) is 4.98 Å². The lowest BCUT2D eigenvalue weighted by Crippen LogP contribution is -2.25. The molecule has 1 atom stereocenters. The van der Waals surface area contributed by atoms with Gasteiger partial charge in [-0.05, 0) is 67.1 Å². The Balaban J connectivity index is 1.64. The number of anilines is 1. The molecule has 1 amide bonds. The highest BCUT2D eigenvalue weighted by Crippen LogP contribution is 2.33. The number of carbonyl (C=O) groups excluding carboxylic acids is 1. The normalized spacial score (nSPS) is 11.5. The summed E-state index contributed by atoms with van der Waals surface area (Å²) < 4.78 is 15.8. The van der Waals surface area contributed by atoms with Gasteiger partial charge in [0, 0.05) is 22.9 Å². The summed E-state index contributed by atoms with van der Waals surface area (Å²) >= 11 is 1.28. The van der Waals surface area contributed by atoms with Crippen molar-refractivity contribution in [1.29, 1.82) is 0 Å². The Bertz CT molecular complexity index is 1350. The fourth-order valence-corrected chi connectivity index (χ4v) is 4.45. The largest absolute Gasteiger partial charge is 0.497 e. The van der Waals surface area contributed by atoms with Gasteiger partial charge in [-0.1, -0.05) is 24.8 Å². The summed E-state index contributed by atoms with van der Waals surface area (Å²) in [6, 6.07) is 22.4. The fraction of sp³-hybridized carbons (Fsp3) is 0.214. The quantitative estimate of drug-likeness (QED) is 0.267. The first-order valence-corrected chi connectivity index (χ1v) is 12.6. The average Bonchev–Trinajstić information content (AvgIpc) is 2.96. The number of hydrogen-bond acceptors (Lipinski definition) is 8. The molecule has 8 nitrogen and oxygen atoms in total.